The number of nitrogens with two attached hydrogens (primary N) is 1. The van der Waals surface area contributed by atoms with Gasteiger partial charge >= 0.3 is 6.03 Å². The molecule has 6 nitrogen and oxygen atoms in total. The second-order valence-corrected chi connectivity index (χ2v) is 8.30. The Morgan fingerprint density at radius 1 is 1.25 bits per heavy atom. The molecule has 0 atom stereocenters. The molecular weight excluding hydrogens is 302 g/mol. The Morgan fingerprint density at radius 3 is 2.50 bits per heavy atom. The van der Waals surface area contributed by atoms with Gasteiger partial charge in [-0.2, -0.15) is 5.10 Å². The summed E-state index contributed by atoms with van der Waals surface area (Å²) in [5, 5.41) is 10.1. The molecule has 0 radical (unpaired) electrons. The molecule has 0 unspecified atom stereocenters. The van der Waals surface area contributed by atoms with Crippen LogP contribution in [0.3, 0.4) is 0 Å². The molecule has 6 heteroatoms. The van der Waals surface area contributed by atoms with Crippen molar-refractivity contribution in [2.45, 2.75) is 44.1 Å². The van der Waals surface area contributed by atoms with E-state index in [-0.39, 0.29) is 11.6 Å². The molecule has 132 valence electrons. The Bertz CT molecular complexity index is 582. The van der Waals surface area contributed by atoms with E-state index in [2.05, 4.69) is 15.7 Å². The van der Waals surface area contributed by atoms with Crippen LogP contribution in [0, 0.1) is 23.7 Å². The molecule has 4 aliphatic carbocycles. The lowest BCUT2D eigenvalue weighted by Gasteiger charge is -2.59. The highest BCUT2D eigenvalue weighted by molar-refractivity contribution is 5.73. The quantitative estimate of drug-likeness (QED) is 0.763. The lowest BCUT2D eigenvalue weighted by Crippen LogP contribution is -2.67. The van der Waals surface area contributed by atoms with E-state index in [4.69, 9.17) is 5.73 Å². The van der Waals surface area contributed by atoms with Crippen molar-refractivity contribution in [1.82, 2.24) is 20.4 Å². The van der Waals surface area contributed by atoms with Gasteiger partial charge in [0.15, 0.2) is 0 Å². The number of aromatic nitrogens is 2. The number of hydrogen-bond donors (Lipinski definition) is 3. The standard InChI is InChI=1S/C18H29N5O/c1-23-10-12(9-22-23)2-3-20-17(24)21-11-18(19)15-5-13-4-14(7-15)8-16(18)6-13/h9-10,13-16H,2-8,11,19H2,1H3,(H2,20,21,24). The molecular formula is C18H29N5O. The van der Waals surface area contributed by atoms with E-state index in [0.717, 1.165) is 23.8 Å². The number of rotatable bonds is 5. The third kappa shape index (κ3) is 2.92. The summed E-state index contributed by atoms with van der Waals surface area (Å²) >= 11 is 0. The third-order valence-corrected chi connectivity index (χ3v) is 6.67. The molecule has 1 aromatic rings. The number of urea groups is 1. The van der Waals surface area contributed by atoms with Crippen LogP contribution in [0.4, 0.5) is 4.79 Å². The van der Waals surface area contributed by atoms with Gasteiger partial charge < -0.3 is 16.4 Å². The van der Waals surface area contributed by atoms with Crippen LogP contribution in [0.15, 0.2) is 12.4 Å². The molecule has 0 saturated heterocycles. The molecule has 5 rings (SSSR count). The first-order valence-electron chi connectivity index (χ1n) is 9.31. The number of nitrogens with one attached hydrogen (secondary N) is 2. The molecule has 4 bridgehead atoms. The Morgan fingerprint density at radius 2 is 1.92 bits per heavy atom. The smallest absolute Gasteiger partial charge is 0.314 e. The van der Waals surface area contributed by atoms with Crippen LogP contribution >= 0.6 is 0 Å². The van der Waals surface area contributed by atoms with E-state index < -0.39 is 0 Å². The molecule has 1 heterocycles. The molecule has 0 spiro atoms. The van der Waals surface area contributed by atoms with Crippen molar-refractivity contribution in [3.63, 3.8) is 0 Å². The zero-order valence-corrected chi connectivity index (χ0v) is 14.5. The van der Waals surface area contributed by atoms with Crippen LogP contribution in [0.5, 0.6) is 0 Å². The van der Waals surface area contributed by atoms with Crippen molar-refractivity contribution < 1.29 is 4.79 Å². The zero-order valence-electron chi connectivity index (χ0n) is 14.5. The lowest BCUT2D eigenvalue weighted by molar-refractivity contribution is -0.0529. The monoisotopic (exact) mass is 331 g/mol. The largest absolute Gasteiger partial charge is 0.338 e. The van der Waals surface area contributed by atoms with E-state index in [9.17, 15) is 4.79 Å². The molecule has 4 N–H and O–H groups in total. The summed E-state index contributed by atoms with van der Waals surface area (Å²) in [6, 6.07) is -0.0995. The minimum absolute atomic E-state index is 0.0995. The molecule has 4 saturated carbocycles. The number of amides is 2. The van der Waals surface area contributed by atoms with Crippen LogP contribution in [-0.2, 0) is 13.5 Å². The normalized spacial score (nSPS) is 36.8. The maximum Gasteiger partial charge on any atom is 0.314 e. The fraction of sp³-hybridized carbons (Fsp3) is 0.778. The van der Waals surface area contributed by atoms with E-state index in [1.165, 1.54) is 32.1 Å². The molecule has 0 aromatic carbocycles. The predicted octanol–water partition coefficient (Wildman–Crippen LogP) is 1.42. The molecule has 2 amide bonds. The molecule has 0 aliphatic heterocycles. The van der Waals surface area contributed by atoms with Gasteiger partial charge in [0.2, 0.25) is 0 Å². The van der Waals surface area contributed by atoms with Crippen molar-refractivity contribution in [2.24, 2.45) is 36.5 Å². The van der Waals surface area contributed by atoms with Crippen LogP contribution in [-0.4, -0.2) is 34.4 Å². The number of aryl methyl sites for hydroxylation is 1. The zero-order chi connectivity index (χ0) is 16.7. The Balaban J connectivity index is 1.25. The summed E-state index contributed by atoms with van der Waals surface area (Å²) in [7, 11) is 1.90. The summed E-state index contributed by atoms with van der Waals surface area (Å²) in [4.78, 5) is 12.1. The lowest BCUT2D eigenvalue weighted by atomic mass is 9.49. The summed E-state index contributed by atoms with van der Waals surface area (Å²) in [6.07, 6.45) is 11.1. The van der Waals surface area contributed by atoms with Crippen LogP contribution in [0.1, 0.15) is 37.7 Å². The van der Waals surface area contributed by atoms with Gasteiger partial charge in [0.05, 0.1) is 6.20 Å². The predicted molar refractivity (Wildman–Crippen MR) is 92.3 cm³/mol. The molecule has 24 heavy (non-hydrogen) atoms. The van der Waals surface area contributed by atoms with E-state index >= 15 is 0 Å². The van der Waals surface area contributed by atoms with Crippen molar-refractivity contribution in [3.05, 3.63) is 18.0 Å². The van der Waals surface area contributed by atoms with Crippen molar-refractivity contribution >= 4 is 6.03 Å². The Hall–Kier alpha value is -1.56. The van der Waals surface area contributed by atoms with Crippen molar-refractivity contribution in [2.75, 3.05) is 13.1 Å². The Kier molecular flexibility index (Phi) is 4.03. The van der Waals surface area contributed by atoms with E-state index in [1.54, 1.807) is 4.68 Å². The van der Waals surface area contributed by atoms with Gasteiger partial charge in [-0.25, -0.2) is 4.79 Å². The van der Waals surface area contributed by atoms with Crippen LogP contribution < -0.4 is 16.4 Å². The highest BCUT2D eigenvalue weighted by Gasteiger charge is 2.55. The summed E-state index contributed by atoms with van der Waals surface area (Å²) in [5.74, 6) is 3.00. The number of carbonyl (C=O) groups is 1. The van der Waals surface area contributed by atoms with Gasteiger partial charge in [-0.15, -0.1) is 0 Å². The molecule has 4 aliphatic rings. The number of nitrogens with zero attached hydrogens (tertiary/aromatic N) is 2. The van der Waals surface area contributed by atoms with Gasteiger partial charge in [0, 0.05) is 31.9 Å². The minimum atomic E-state index is -0.186. The highest BCUT2D eigenvalue weighted by atomic mass is 16.2. The summed E-state index contributed by atoms with van der Waals surface area (Å²) in [5.41, 5.74) is 7.76. The van der Waals surface area contributed by atoms with Gasteiger partial charge in [0.1, 0.15) is 0 Å². The average molecular weight is 331 g/mol. The number of hydrogen-bond acceptors (Lipinski definition) is 3. The SMILES string of the molecule is Cn1cc(CCNC(=O)NCC2(N)C3CC4CC(C3)CC2C4)cn1. The summed E-state index contributed by atoms with van der Waals surface area (Å²) < 4.78 is 1.78. The maximum absolute atomic E-state index is 12.1. The highest BCUT2D eigenvalue weighted by Crippen LogP contribution is 2.57. The van der Waals surface area contributed by atoms with Gasteiger partial charge in [0.25, 0.3) is 0 Å². The van der Waals surface area contributed by atoms with Gasteiger partial charge in [-0.3, -0.25) is 4.68 Å². The molecule has 1 aromatic heterocycles. The van der Waals surface area contributed by atoms with E-state index in [0.29, 0.717) is 24.9 Å². The first-order valence-corrected chi connectivity index (χ1v) is 9.31. The van der Waals surface area contributed by atoms with Gasteiger partial charge in [-0.1, -0.05) is 0 Å². The molecule has 4 fully saturated rings. The van der Waals surface area contributed by atoms with Crippen LogP contribution in [0.2, 0.25) is 0 Å². The third-order valence-electron chi connectivity index (χ3n) is 6.67. The maximum atomic E-state index is 12.1. The summed E-state index contributed by atoms with van der Waals surface area (Å²) in [6.45, 7) is 1.23. The average Bonchev–Trinajstić information content (AvgIpc) is 2.95. The topological polar surface area (TPSA) is 85.0 Å². The van der Waals surface area contributed by atoms with E-state index in [1.807, 2.05) is 19.4 Å². The van der Waals surface area contributed by atoms with Crippen molar-refractivity contribution in [3.8, 4) is 0 Å². The van der Waals surface area contributed by atoms with Crippen molar-refractivity contribution in [1.29, 1.82) is 0 Å². The minimum Gasteiger partial charge on any atom is -0.338 e. The first-order chi connectivity index (χ1) is 11.5. The Labute approximate surface area is 143 Å². The number of carbonyl (C=O) groups excluding carboxylic acids is 1. The first kappa shape index (κ1) is 15.9. The van der Waals surface area contributed by atoms with Crippen LogP contribution in [0.25, 0.3) is 0 Å². The van der Waals surface area contributed by atoms with Gasteiger partial charge in [-0.05, 0) is 67.8 Å². The fourth-order valence-electron chi connectivity index (χ4n) is 5.57. The second kappa shape index (κ2) is 6.06. The fourth-order valence-corrected chi connectivity index (χ4v) is 5.57. The second-order valence-electron chi connectivity index (χ2n) is 8.30.